The fraction of sp³-hybridized carbons (Fsp3) is 0.350. The average molecular weight is 383 g/mol. The van der Waals surface area contributed by atoms with Gasteiger partial charge in [0.25, 0.3) is 5.91 Å². The van der Waals surface area contributed by atoms with E-state index in [0.717, 1.165) is 6.42 Å². The van der Waals surface area contributed by atoms with Crippen molar-refractivity contribution in [1.82, 2.24) is 25.0 Å². The third kappa shape index (κ3) is 3.09. The number of aromatic hydroxyl groups is 1. The zero-order valence-electron chi connectivity index (χ0n) is 16.0. The number of phenolic OH excluding ortho intramolecular Hbond substituents is 1. The zero-order chi connectivity index (χ0) is 20.0. The van der Waals surface area contributed by atoms with E-state index in [2.05, 4.69) is 20.1 Å². The van der Waals surface area contributed by atoms with Crippen LogP contribution in [0.1, 0.15) is 22.5 Å². The molecule has 0 bridgehead atoms. The van der Waals surface area contributed by atoms with Crippen molar-refractivity contribution in [2.45, 2.75) is 19.4 Å². The molecule has 0 saturated carbocycles. The largest absolute Gasteiger partial charge is 0.505 e. The monoisotopic (exact) mass is 383 g/mol. The highest BCUT2D eigenvalue weighted by Crippen LogP contribution is 2.29. The Balaban J connectivity index is 1.79. The van der Waals surface area contributed by atoms with Crippen LogP contribution in [0.3, 0.4) is 0 Å². The molecule has 1 aliphatic rings. The molecule has 4 rings (SSSR count). The molecule has 0 radical (unpaired) electrons. The number of amides is 1. The number of carbonyl (C=O) groups is 1. The van der Waals surface area contributed by atoms with Crippen molar-refractivity contribution in [3.8, 4) is 17.0 Å². The number of carbonyl (C=O) groups excluding carboxylic acids is 1. The Labute approximate surface area is 161 Å². The number of benzene rings is 1. The first-order chi connectivity index (χ1) is 13.3. The van der Waals surface area contributed by atoms with Gasteiger partial charge in [0.2, 0.25) is 0 Å². The summed E-state index contributed by atoms with van der Waals surface area (Å²) in [6, 6.07) is 6.07. The molecule has 3 aromatic rings. The van der Waals surface area contributed by atoms with Gasteiger partial charge in [-0.15, -0.1) is 0 Å². The molecule has 28 heavy (non-hydrogen) atoms. The summed E-state index contributed by atoms with van der Waals surface area (Å²) in [4.78, 5) is 21.8. The molecule has 8 heteroatoms. The van der Waals surface area contributed by atoms with Crippen molar-refractivity contribution in [3.05, 3.63) is 41.3 Å². The van der Waals surface area contributed by atoms with Crippen molar-refractivity contribution < 1.29 is 14.3 Å². The number of rotatable bonds is 3. The predicted molar refractivity (Wildman–Crippen MR) is 104 cm³/mol. The number of aromatic nitrogens is 3. The molecule has 1 aromatic carbocycles. The Bertz CT molecular complexity index is 1060. The van der Waals surface area contributed by atoms with Crippen LogP contribution >= 0.6 is 0 Å². The van der Waals surface area contributed by atoms with Crippen LogP contribution in [0.5, 0.6) is 5.75 Å². The minimum absolute atomic E-state index is 0.0817. The lowest BCUT2D eigenvalue weighted by atomic mass is 10.0. The van der Waals surface area contributed by atoms with Crippen molar-refractivity contribution in [2.24, 2.45) is 0 Å². The third-order valence-corrected chi connectivity index (χ3v) is 5.37. The summed E-state index contributed by atoms with van der Waals surface area (Å²) in [6.07, 6.45) is 0.924. The maximum atomic E-state index is 13.8. The number of phenols is 1. The number of aromatic amines is 1. The summed E-state index contributed by atoms with van der Waals surface area (Å²) in [5.74, 6) is -1.24. The lowest BCUT2D eigenvalue weighted by molar-refractivity contribution is 0.0785. The van der Waals surface area contributed by atoms with Gasteiger partial charge in [0.05, 0.1) is 22.3 Å². The number of likely N-dealkylation sites (tertiary alicyclic amines) is 1. The van der Waals surface area contributed by atoms with Gasteiger partial charge >= 0.3 is 0 Å². The van der Waals surface area contributed by atoms with E-state index in [4.69, 9.17) is 0 Å². The highest BCUT2D eigenvalue weighted by molar-refractivity contribution is 6.07. The van der Waals surface area contributed by atoms with Gasteiger partial charge < -0.3 is 14.9 Å². The molecule has 2 aromatic heterocycles. The fourth-order valence-corrected chi connectivity index (χ4v) is 3.69. The first-order valence-corrected chi connectivity index (χ1v) is 9.15. The number of nitrogens with zero attached hydrogens (tertiary/aromatic N) is 4. The molecule has 1 aliphatic heterocycles. The molecule has 1 fully saturated rings. The van der Waals surface area contributed by atoms with E-state index in [-0.39, 0.29) is 5.91 Å². The molecular formula is C20H22FN5O2. The second-order valence-electron chi connectivity index (χ2n) is 7.41. The van der Waals surface area contributed by atoms with E-state index in [1.165, 1.54) is 12.1 Å². The molecule has 1 amide bonds. The van der Waals surface area contributed by atoms with E-state index >= 15 is 0 Å². The lowest BCUT2D eigenvalue weighted by Gasteiger charge is -2.21. The van der Waals surface area contributed by atoms with Crippen LogP contribution in [0.4, 0.5) is 4.39 Å². The molecule has 3 heterocycles. The Morgan fingerprint density at radius 1 is 1.36 bits per heavy atom. The van der Waals surface area contributed by atoms with Gasteiger partial charge in [-0.2, -0.15) is 5.10 Å². The predicted octanol–water partition coefficient (Wildman–Crippen LogP) is 2.55. The van der Waals surface area contributed by atoms with Crippen LogP contribution in [-0.4, -0.2) is 69.2 Å². The van der Waals surface area contributed by atoms with E-state index in [9.17, 15) is 14.3 Å². The standard InChI is InChI=1S/C20H22FN5O2/c1-11-18-14(20(28)26-7-6-13(10-26)25(2)3)9-16(22-19(18)24-23-11)12-4-5-17(27)15(21)8-12/h4-5,8-9,13,27H,6-7,10H2,1-3H3,(H,22,23,24). The number of pyridine rings is 1. The first kappa shape index (κ1) is 18.4. The van der Waals surface area contributed by atoms with Crippen LogP contribution in [-0.2, 0) is 0 Å². The SMILES string of the molecule is Cc1n[nH]c2nc(-c3ccc(O)c(F)c3)cc(C(=O)N3CCC(N(C)C)C3)c12. The van der Waals surface area contributed by atoms with Crippen molar-refractivity contribution in [1.29, 1.82) is 0 Å². The van der Waals surface area contributed by atoms with Crippen LogP contribution in [0.25, 0.3) is 22.3 Å². The highest BCUT2D eigenvalue weighted by atomic mass is 19.1. The highest BCUT2D eigenvalue weighted by Gasteiger charge is 2.30. The fourth-order valence-electron chi connectivity index (χ4n) is 3.69. The second-order valence-corrected chi connectivity index (χ2v) is 7.41. The summed E-state index contributed by atoms with van der Waals surface area (Å²) in [7, 11) is 4.03. The number of halogens is 1. The normalized spacial score (nSPS) is 17.0. The number of aryl methyl sites for hydroxylation is 1. The summed E-state index contributed by atoms with van der Waals surface area (Å²) in [5, 5.41) is 17.2. The molecule has 146 valence electrons. The van der Waals surface area contributed by atoms with Gasteiger partial charge in [-0.3, -0.25) is 9.89 Å². The zero-order valence-corrected chi connectivity index (χ0v) is 16.0. The van der Waals surface area contributed by atoms with Gasteiger partial charge in [0.1, 0.15) is 0 Å². The molecule has 1 atom stereocenters. The summed E-state index contributed by atoms with van der Waals surface area (Å²) in [6.45, 7) is 3.17. The van der Waals surface area contributed by atoms with E-state index in [1.54, 1.807) is 12.1 Å². The third-order valence-electron chi connectivity index (χ3n) is 5.37. The Morgan fingerprint density at radius 2 is 2.14 bits per heavy atom. The topological polar surface area (TPSA) is 85.3 Å². The first-order valence-electron chi connectivity index (χ1n) is 9.15. The number of fused-ring (bicyclic) bond motifs is 1. The Kier molecular flexibility index (Phi) is 4.50. The molecule has 0 spiro atoms. The van der Waals surface area contributed by atoms with Gasteiger partial charge in [-0.05, 0) is 51.7 Å². The van der Waals surface area contributed by atoms with Crippen LogP contribution in [0, 0.1) is 12.7 Å². The average Bonchev–Trinajstić information content (AvgIpc) is 3.30. The molecule has 7 nitrogen and oxygen atoms in total. The number of likely N-dealkylation sites (N-methyl/N-ethyl adjacent to an activating group) is 1. The summed E-state index contributed by atoms with van der Waals surface area (Å²) in [5.41, 5.74) is 2.60. The van der Waals surface area contributed by atoms with Crippen LogP contribution in [0.15, 0.2) is 24.3 Å². The van der Waals surface area contributed by atoms with E-state index < -0.39 is 11.6 Å². The smallest absolute Gasteiger partial charge is 0.254 e. The van der Waals surface area contributed by atoms with E-state index in [1.807, 2.05) is 25.9 Å². The van der Waals surface area contributed by atoms with Crippen molar-refractivity contribution >= 4 is 16.9 Å². The lowest BCUT2D eigenvalue weighted by Crippen LogP contribution is -2.34. The van der Waals surface area contributed by atoms with Gasteiger partial charge in [-0.1, -0.05) is 0 Å². The quantitative estimate of drug-likeness (QED) is 0.726. The second kappa shape index (κ2) is 6.87. The molecule has 1 unspecified atom stereocenters. The maximum absolute atomic E-state index is 13.8. The summed E-state index contributed by atoms with van der Waals surface area (Å²) < 4.78 is 13.8. The molecular weight excluding hydrogens is 361 g/mol. The van der Waals surface area contributed by atoms with Crippen molar-refractivity contribution in [2.75, 3.05) is 27.2 Å². The Morgan fingerprint density at radius 3 is 2.82 bits per heavy atom. The summed E-state index contributed by atoms with van der Waals surface area (Å²) >= 11 is 0. The van der Waals surface area contributed by atoms with Gasteiger partial charge in [-0.25, -0.2) is 9.37 Å². The molecule has 2 N–H and O–H groups in total. The number of H-pyrrole nitrogens is 1. The molecule has 1 saturated heterocycles. The Hall–Kier alpha value is -3.00. The van der Waals surface area contributed by atoms with Crippen LogP contribution in [0.2, 0.25) is 0 Å². The minimum atomic E-state index is -0.735. The van der Waals surface area contributed by atoms with Gasteiger partial charge in [0, 0.05) is 24.7 Å². The van der Waals surface area contributed by atoms with Crippen molar-refractivity contribution in [3.63, 3.8) is 0 Å². The number of hydrogen-bond acceptors (Lipinski definition) is 5. The number of hydrogen-bond donors (Lipinski definition) is 2. The minimum Gasteiger partial charge on any atom is -0.505 e. The number of nitrogens with one attached hydrogen (secondary N) is 1. The van der Waals surface area contributed by atoms with Gasteiger partial charge in [0.15, 0.2) is 17.2 Å². The van der Waals surface area contributed by atoms with Crippen LogP contribution < -0.4 is 0 Å². The molecule has 0 aliphatic carbocycles. The maximum Gasteiger partial charge on any atom is 0.254 e. The van der Waals surface area contributed by atoms with E-state index in [0.29, 0.717) is 52.7 Å².